The van der Waals surface area contributed by atoms with Gasteiger partial charge in [0.05, 0.1) is 26.6 Å². The average Bonchev–Trinajstić information content (AvgIpc) is 2.79. The van der Waals surface area contributed by atoms with E-state index in [0.29, 0.717) is 37.6 Å². The topological polar surface area (TPSA) is 124 Å². The summed E-state index contributed by atoms with van der Waals surface area (Å²) < 4.78 is 45.1. The van der Waals surface area contributed by atoms with E-state index in [0.717, 1.165) is 6.26 Å². The number of hydrogen-bond donors (Lipinski definition) is 1. The zero-order valence-electron chi connectivity index (χ0n) is 18.6. The molecule has 1 atom stereocenters. The van der Waals surface area contributed by atoms with Gasteiger partial charge in [-0.15, -0.1) is 0 Å². The Hall–Kier alpha value is -2.25. The second-order valence-corrected chi connectivity index (χ2v) is 9.12. The van der Waals surface area contributed by atoms with E-state index in [2.05, 4.69) is 5.32 Å². The van der Waals surface area contributed by atoms with Gasteiger partial charge in [-0.05, 0) is 24.3 Å². The number of benzene rings is 1. The van der Waals surface area contributed by atoms with Crippen molar-refractivity contribution >= 4 is 21.9 Å². The Labute approximate surface area is 188 Å². The van der Waals surface area contributed by atoms with Crippen molar-refractivity contribution in [1.29, 1.82) is 0 Å². The lowest BCUT2D eigenvalue weighted by molar-refractivity contribution is -0.147. The van der Waals surface area contributed by atoms with Gasteiger partial charge in [-0.1, -0.05) is 0 Å². The summed E-state index contributed by atoms with van der Waals surface area (Å²) >= 11 is 0. The summed E-state index contributed by atoms with van der Waals surface area (Å²) in [7, 11) is -0.416. The summed E-state index contributed by atoms with van der Waals surface area (Å²) in [5, 5.41) is 2.75. The van der Waals surface area contributed by atoms with E-state index in [4.69, 9.17) is 18.9 Å². The number of carbonyl (C=O) groups is 2. The first-order valence-corrected chi connectivity index (χ1v) is 12.0. The van der Waals surface area contributed by atoms with Crippen molar-refractivity contribution in [2.24, 2.45) is 0 Å². The number of rotatable bonds is 12. The Bertz CT molecular complexity index is 839. The van der Waals surface area contributed by atoms with E-state index in [-0.39, 0.29) is 32.3 Å². The lowest BCUT2D eigenvalue weighted by Gasteiger charge is -2.37. The molecule has 12 heteroatoms. The van der Waals surface area contributed by atoms with E-state index in [9.17, 15) is 18.0 Å². The van der Waals surface area contributed by atoms with Crippen molar-refractivity contribution in [3.63, 3.8) is 0 Å². The minimum Gasteiger partial charge on any atom is -0.468 e. The Morgan fingerprint density at radius 1 is 1.06 bits per heavy atom. The molecule has 1 aromatic carbocycles. The molecule has 0 aliphatic carbocycles. The molecule has 180 valence electrons. The van der Waals surface area contributed by atoms with Crippen molar-refractivity contribution in [3.8, 4) is 5.75 Å². The highest BCUT2D eigenvalue weighted by molar-refractivity contribution is 7.88. The molecule has 1 N–H and O–H groups in total. The quantitative estimate of drug-likeness (QED) is 0.244. The van der Waals surface area contributed by atoms with E-state index < -0.39 is 22.0 Å². The molecule has 0 aromatic heterocycles. The standard InChI is InChI=1S/C20H31N3O8S/c1-28-12-13-30-15-31-17-6-4-16(5-7-17)19(24)21-14-18(20(25)29-2)22-8-10-23(11-9-22)32(3,26)27/h4-7,18H,8-15H2,1-3H3,(H,21,24). The highest BCUT2D eigenvalue weighted by atomic mass is 32.2. The number of sulfonamides is 1. The second kappa shape index (κ2) is 12.7. The highest BCUT2D eigenvalue weighted by Crippen LogP contribution is 2.13. The fraction of sp³-hybridized carbons (Fsp3) is 0.600. The molecule has 1 fully saturated rings. The Morgan fingerprint density at radius 2 is 1.72 bits per heavy atom. The summed E-state index contributed by atoms with van der Waals surface area (Å²) in [5.41, 5.74) is 0.406. The minimum atomic E-state index is -3.28. The van der Waals surface area contributed by atoms with Gasteiger partial charge in [0.15, 0.2) is 6.79 Å². The fourth-order valence-corrected chi connectivity index (χ4v) is 3.98. The van der Waals surface area contributed by atoms with Gasteiger partial charge < -0.3 is 24.3 Å². The molecule has 1 aromatic rings. The van der Waals surface area contributed by atoms with Crippen LogP contribution < -0.4 is 10.1 Å². The average molecular weight is 474 g/mol. The summed E-state index contributed by atoms with van der Waals surface area (Å²) in [6.07, 6.45) is 1.16. The molecule has 11 nitrogen and oxygen atoms in total. The van der Waals surface area contributed by atoms with Crippen molar-refractivity contribution in [2.75, 3.05) is 73.2 Å². The first-order valence-electron chi connectivity index (χ1n) is 10.1. The normalized spacial score (nSPS) is 16.3. The minimum absolute atomic E-state index is 0.0377. The molecule has 0 radical (unpaired) electrons. The van der Waals surface area contributed by atoms with Crippen LogP contribution in [0.2, 0.25) is 0 Å². The number of esters is 1. The Kier molecular flexibility index (Phi) is 10.3. The predicted octanol–water partition coefficient (Wildman–Crippen LogP) is -0.465. The van der Waals surface area contributed by atoms with Gasteiger partial charge in [-0.25, -0.2) is 8.42 Å². The van der Waals surface area contributed by atoms with Crippen molar-refractivity contribution in [3.05, 3.63) is 29.8 Å². The fourth-order valence-electron chi connectivity index (χ4n) is 3.15. The number of piperazine rings is 1. The monoisotopic (exact) mass is 473 g/mol. The van der Waals surface area contributed by atoms with Gasteiger partial charge >= 0.3 is 5.97 Å². The molecule has 1 aliphatic heterocycles. The van der Waals surface area contributed by atoms with Crippen LogP contribution in [-0.2, 0) is 29.0 Å². The second-order valence-electron chi connectivity index (χ2n) is 7.13. The lowest BCUT2D eigenvalue weighted by Crippen LogP contribution is -2.57. The molecule has 2 rings (SSSR count). The van der Waals surface area contributed by atoms with E-state index in [1.807, 2.05) is 4.90 Å². The predicted molar refractivity (Wildman–Crippen MR) is 116 cm³/mol. The number of ether oxygens (including phenoxy) is 4. The van der Waals surface area contributed by atoms with Gasteiger partial charge in [0.1, 0.15) is 11.8 Å². The molecule has 1 amide bonds. The first-order chi connectivity index (χ1) is 15.3. The highest BCUT2D eigenvalue weighted by Gasteiger charge is 2.32. The number of carbonyl (C=O) groups excluding carboxylic acids is 2. The lowest BCUT2D eigenvalue weighted by atomic mass is 10.1. The van der Waals surface area contributed by atoms with Crippen molar-refractivity contribution < 1.29 is 37.0 Å². The number of amides is 1. The van der Waals surface area contributed by atoms with E-state index in [1.165, 1.54) is 11.4 Å². The SMILES string of the molecule is COCCOCOc1ccc(C(=O)NCC(C(=O)OC)N2CCN(S(C)(=O)=O)CC2)cc1. The number of hydrogen-bond acceptors (Lipinski definition) is 9. The van der Waals surface area contributed by atoms with Crippen LogP contribution in [0.5, 0.6) is 5.75 Å². The number of methoxy groups -OCH3 is 2. The van der Waals surface area contributed by atoms with Gasteiger partial charge in [0, 0.05) is 45.4 Å². The summed E-state index contributed by atoms with van der Waals surface area (Å²) in [4.78, 5) is 26.6. The van der Waals surface area contributed by atoms with Crippen LogP contribution in [0.3, 0.4) is 0 Å². The molecular formula is C20H31N3O8S. The van der Waals surface area contributed by atoms with Gasteiger partial charge in [0.2, 0.25) is 10.0 Å². The zero-order valence-corrected chi connectivity index (χ0v) is 19.4. The van der Waals surface area contributed by atoms with Crippen LogP contribution in [0.25, 0.3) is 0 Å². The maximum absolute atomic E-state index is 12.5. The zero-order chi connectivity index (χ0) is 23.6. The maximum atomic E-state index is 12.5. The molecule has 0 saturated carbocycles. The molecular weight excluding hydrogens is 442 g/mol. The van der Waals surface area contributed by atoms with Crippen LogP contribution in [0, 0.1) is 0 Å². The largest absolute Gasteiger partial charge is 0.468 e. The van der Waals surface area contributed by atoms with Crippen LogP contribution in [0.4, 0.5) is 0 Å². The first kappa shape index (κ1) is 26.0. The number of nitrogens with zero attached hydrogens (tertiary/aromatic N) is 2. The van der Waals surface area contributed by atoms with Crippen molar-refractivity contribution in [1.82, 2.24) is 14.5 Å². The molecule has 1 unspecified atom stereocenters. The van der Waals surface area contributed by atoms with Gasteiger partial charge in [-0.2, -0.15) is 4.31 Å². The molecule has 1 saturated heterocycles. The molecule has 1 aliphatic rings. The molecule has 0 spiro atoms. The van der Waals surface area contributed by atoms with Crippen LogP contribution in [-0.4, -0.2) is 109 Å². The van der Waals surface area contributed by atoms with E-state index >= 15 is 0 Å². The summed E-state index contributed by atoms with van der Waals surface area (Å²) in [5.74, 6) is -0.290. The summed E-state index contributed by atoms with van der Waals surface area (Å²) in [6, 6.07) is 5.81. The number of nitrogens with one attached hydrogen (secondary N) is 1. The molecule has 1 heterocycles. The van der Waals surface area contributed by atoms with E-state index in [1.54, 1.807) is 31.4 Å². The van der Waals surface area contributed by atoms with Gasteiger partial charge in [-0.3, -0.25) is 14.5 Å². The smallest absolute Gasteiger partial charge is 0.324 e. The third-order valence-electron chi connectivity index (χ3n) is 4.97. The van der Waals surface area contributed by atoms with Crippen molar-refractivity contribution in [2.45, 2.75) is 6.04 Å². The molecule has 0 bridgehead atoms. The third-order valence-corrected chi connectivity index (χ3v) is 6.27. The van der Waals surface area contributed by atoms with Gasteiger partial charge in [0.25, 0.3) is 5.91 Å². The van der Waals surface area contributed by atoms with Crippen LogP contribution in [0.1, 0.15) is 10.4 Å². The van der Waals surface area contributed by atoms with Crippen LogP contribution >= 0.6 is 0 Å². The maximum Gasteiger partial charge on any atom is 0.324 e. The molecule has 32 heavy (non-hydrogen) atoms. The third kappa shape index (κ3) is 8.02. The summed E-state index contributed by atoms with van der Waals surface area (Å²) in [6.45, 7) is 2.28. The Balaban J connectivity index is 1.87. The Morgan fingerprint density at radius 3 is 2.28 bits per heavy atom. The van der Waals surface area contributed by atoms with Crippen LogP contribution in [0.15, 0.2) is 24.3 Å².